The van der Waals surface area contributed by atoms with Gasteiger partial charge in [-0.3, -0.25) is 5.43 Å². The molecule has 0 spiro atoms. The zero-order chi connectivity index (χ0) is 18.1. The molecule has 132 valence electrons. The van der Waals surface area contributed by atoms with Crippen LogP contribution < -0.4 is 14.9 Å². The molecule has 0 fully saturated rings. The van der Waals surface area contributed by atoms with E-state index in [0.717, 1.165) is 26.5 Å². The van der Waals surface area contributed by atoms with Crippen LogP contribution in [0.1, 0.15) is 5.56 Å². The molecule has 6 nitrogen and oxygen atoms in total. The highest BCUT2D eigenvalue weighted by molar-refractivity contribution is 9.10. The van der Waals surface area contributed by atoms with Gasteiger partial charge in [-0.05, 0) is 30.3 Å². The molecule has 1 aliphatic rings. The molecular formula is C18H15BrN4O2S. The van der Waals surface area contributed by atoms with Gasteiger partial charge in [0, 0.05) is 21.0 Å². The third-order valence-corrected chi connectivity index (χ3v) is 5.30. The van der Waals surface area contributed by atoms with Gasteiger partial charge in [-0.1, -0.05) is 39.8 Å². The number of hydrogen-bond donors (Lipinski definition) is 1. The van der Waals surface area contributed by atoms with E-state index in [-0.39, 0.29) is 0 Å². The van der Waals surface area contributed by atoms with Gasteiger partial charge in [0.25, 0.3) is 0 Å². The molecule has 8 heteroatoms. The van der Waals surface area contributed by atoms with Crippen LogP contribution in [-0.4, -0.2) is 29.1 Å². The van der Waals surface area contributed by atoms with E-state index in [1.54, 1.807) is 14.2 Å². The van der Waals surface area contributed by atoms with Crippen molar-refractivity contribution in [3.63, 3.8) is 0 Å². The molecular weight excluding hydrogens is 416 g/mol. The number of hydrogen-bond acceptors (Lipinski definition) is 6. The minimum absolute atomic E-state index is 0.648. The lowest BCUT2D eigenvalue weighted by Crippen LogP contribution is -2.18. The van der Waals surface area contributed by atoms with Crippen molar-refractivity contribution in [2.45, 2.75) is 5.16 Å². The smallest absolute Gasteiger partial charge is 0.214 e. The molecule has 3 aromatic rings. The number of thioether (sulfide) groups is 1. The average molecular weight is 431 g/mol. The molecule has 1 aromatic heterocycles. The summed E-state index contributed by atoms with van der Waals surface area (Å²) in [6.07, 6.45) is 0. The van der Waals surface area contributed by atoms with Crippen molar-refractivity contribution < 1.29 is 9.47 Å². The van der Waals surface area contributed by atoms with Crippen molar-refractivity contribution in [3.8, 4) is 22.9 Å². The summed E-state index contributed by atoms with van der Waals surface area (Å²) in [7, 11) is 3.23. The van der Waals surface area contributed by atoms with Gasteiger partial charge >= 0.3 is 0 Å². The number of methoxy groups -OCH3 is 2. The maximum absolute atomic E-state index is 5.40. The SMILES string of the molecule is COc1ccc(-c2nnc3n2NC(c2ccc(Br)cc2)=CS3)cc1OC. The molecule has 0 radical (unpaired) electrons. The van der Waals surface area contributed by atoms with Gasteiger partial charge in [0.1, 0.15) is 0 Å². The molecule has 26 heavy (non-hydrogen) atoms. The molecule has 4 rings (SSSR count). The lowest BCUT2D eigenvalue weighted by Gasteiger charge is -2.19. The van der Waals surface area contributed by atoms with E-state index in [2.05, 4.69) is 43.7 Å². The summed E-state index contributed by atoms with van der Waals surface area (Å²) in [5, 5.41) is 11.4. The van der Waals surface area contributed by atoms with Gasteiger partial charge in [-0.15, -0.1) is 10.2 Å². The first kappa shape index (κ1) is 17.0. The Kier molecular flexibility index (Phi) is 4.60. The van der Waals surface area contributed by atoms with Gasteiger partial charge in [0.05, 0.1) is 19.9 Å². The van der Waals surface area contributed by atoms with E-state index in [1.807, 2.05) is 40.4 Å². The molecule has 0 saturated carbocycles. The van der Waals surface area contributed by atoms with Crippen LogP contribution in [0.4, 0.5) is 0 Å². The number of rotatable bonds is 4. The van der Waals surface area contributed by atoms with Crippen molar-refractivity contribution in [3.05, 3.63) is 57.9 Å². The van der Waals surface area contributed by atoms with Crippen molar-refractivity contribution >= 4 is 33.4 Å². The van der Waals surface area contributed by atoms with Gasteiger partial charge in [0.2, 0.25) is 5.16 Å². The first-order valence-electron chi connectivity index (χ1n) is 7.77. The highest BCUT2D eigenvalue weighted by Gasteiger charge is 2.20. The van der Waals surface area contributed by atoms with Crippen LogP contribution in [0.25, 0.3) is 17.1 Å². The quantitative estimate of drug-likeness (QED) is 0.662. The zero-order valence-electron chi connectivity index (χ0n) is 14.1. The predicted molar refractivity (Wildman–Crippen MR) is 106 cm³/mol. The summed E-state index contributed by atoms with van der Waals surface area (Å²) < 4.78 is 13.6. The van der Waals surface area contributed by atoms with Crippen LogP contribution >= 0.6 is 27.7 Å². The number of halogens is 1. The van der Waals surface area contributed by atoms with Crippen LogP contribution in [0, 0.1) is 0 Å². The monoisotopic (exact) mass is 430 g/mol. The normalized spacial score (nSPS) is 12.8. The summed E-state index contributed by atoms with van der Waals surface area (Å²) in [6.45, 7) is 0. The van der Waals surface area contributed by atoms with Crippen LogP contribution in [0.15, 0.2) is 57.5 Å². The standard InChI is InChI=1S/C18H15BrN4O2S/c1-24-15-8-5-12(9-16(15)25-2)17-20-21-18-23(17)22-14(10-26-18)11-3-6-13(19)7-4-11/h3-10,22H,1-2H3. The summed E-state index contributed by atoms with van der Waals surface area (Å²) in [6, 6.07) is 13.8. The minimum atomic E-state index is 0.648. The van der Waals surface area contributed by atoms with Crippen molar-refractivity contribution in [1.29, 1.82) is 0 Å². The molecule has 0 aliphatic carbocycles. The summed E-state index contributed by atoms with van der Waals surface area (Å²) in [5.74, 6) is 2.03. The lowest BCUT2D eigenvalue weighted by atomic mass is 10.2. The van der Waals surface area contributed by atoms with Crippen LogP contribution in [-0.2, 0) is 0 Å². The molecule has 0 amide bonds. The van der Waals surface area contributed by atoms with E-state index in [9.17, 15) is 0 Å². The molecule has 1 aliphatic heterocycles. The maximum atomic E-state index is 5.40. The highest BCUT2D eigenvalue weighted by Crippen LogP contribution is 2.35. The third-order valence-electron chi connectivity index (χ3n) is 3.94. The molecule has 0 unspecified atom stereocenters. The molecule has 0 bridgehead atoms. The largest absolute Gasteiger partial charge is 0.493 e. The van der Waals surface area contributed by atoms with Crippen molar-refractivity contribution in [2.75, 3.05) is 19.6 Å². The Morgan fingerprint density at radius 3 is 2.42 bits per heavy atom. The fourth-order valence-corrected chi connectivity index (χ4v) is 3.63. The van der Waals surface area contributed by atoms with Gasteiger partial charge in [-0.25, -0.2) is 4.68 Å². The highest BCUT2D eigenvalue weighted by atomic mass is 79.9. The number of aromatic nitrogens is 3. The summed E-state index contributed by atoms with van der Waals surface area (Å²) in [5.41, 5.74) is 6.34. The molecule has 2 heterocycles. The average Bonchev–Trinajstić information content (AvgIpc) is 3.11. The number of fused-ring (bicyclic) bond motifs is 1. The van der Waals surface area contributed by atoms with Gasteiger partial charge in [-0.2, -0.15) is 0 Å². The Balaban J connectivity index is 1.69. The predicted octanol–water partition coefficient (Wildman–Crippen LogP) is 4.37. The first-order chi connectivity index (χ1) is 12.7. The Hall–Kier alpha value is -2.45. The number of nitrogens with one attached hydrogen (secondary N) is 1. The molecule has 0 saturated heterocycles. The molecule has 1 N–H and O–H groups in total. The Morgan fingerprint density at radius 2 is 1.69 bits per heavy atom. The fourth-order valence-electron chi connectivity index (χ4n) is 2.63. The van der Waals surface area contributed by atoms with Crippen molar-refractivity contribution in [2.24, 2.45) is 0 Å². The number of nitrogens with zero attached hydrogens (tertiary/aromatic N) is 3. The van der Waals surface area contributed by atoms with Gasteiger partial charge < -0.3 is 9.47 Å². The number of benzene rings is 2. The zero-order valence-corrected chi connectivity index (χ0v) is 16.5. The van der Waals surface area contributed by atoms with Gasteiger partial charge in [0.15, 0.2) is 17.3 Å². The van der Waals surface area contributed by atoms with E-state index < -0.39 is 0 Å². The minimum Gasteiger partial charge on any atom is -0.493 e. The van der Waals surface area contributed by atoms with E-state index in [0.29, 0.717) is 17.3 Å². The fraction of sp³-hybridized carbons (Fsp3) is 0.111. The Bertz CT molecular complexity index is 985. The lowest BCUT2D eigenvalue weighted by molar-refractivity contribution is 0.355. The second-order valence-corrected chi connectivity index (χ2v) is 7.23. The third kappa shape index (κ3) is 3.06. The van der Waals surface area contributed by atoms with E-state index >= 15 is 0 Å². The second-order valence-electron chi connectivity index (χ2n) is 5.48. The molecule has 0 atom stereocenters. The second kappa shape index (κ2) is 7.05. The van der Waals surface area contributed by atoms with Crippen LogP contribution in [0.5, 0.6) is 11.5 Å². The summed E-state index contributed by atoms with van der Waals surface area (Å²) >= 11 is 4.99. The Morgan fingerprint density at radius 1 is 0.962 bits per heavy atom. The molecule has 2 aromatic carbocycles. The van der Waals surface area contributed by atoms with E-state index in [1.165, 1.54) is 11.8 Å². The Labute approximate surface area is 163 Å². The maximum Gasteiger partial charge on any atom is 0.214 e. The number of ether oxygens (including phenoxy) is 2. The van der Waals surface area contributed by atoms with Crippen LogP contribution in [0.3, 0.4) is 0 Å². The van der Waals surface area contributed by atoms with E-state index in [4.69, 9.17) is 9.47 Å². The first-order valence-corrected chi connectivity index (χ1v) is 9.44. The van der Waals surface area contributed by atoms with Crippen LogP contribution in [0.2, 0.25) is 0 Å². The van der Waals surface area contributed by atoms with Crippen molar-refractivity contribution in [1.82, 2.24) is 14.9 Å². The topological polar surface area (TPSA) is 61.2 Å². The summed E-state index contributed by atoms with van der Waals surface area (Å²) in [4.78, 5) is 0.